The van der Waals surface area contributed by atoms with Crippen molar-refractivity contribution in [1.82, 2.24) is 0 Å². The van der Waals surface area contributed by atoms with Crippen LogP contribution in [0.15, 0.2) is 5.11 Å². The molecule has 1 rings (SSSR count). The standard InChI is InChI=1S/C7H13N3O2/c1-2-6(5-9-10-8)7-11-3-4-12-7/h6-7H,2-5H2,1H3. The molecule has 1 saturated heterocycles. The van der Waals surface area contributed by atoms with Crippen molar-refractivity contribution < 1.29 is 9.47 Å². The zero-order valence-corrected chi connectivity index (χ0v) is 7.14. The third-order valence-electron chi connectivity index (χ3n) is 1.94. The summed E-state index contributed by atoms with van der Waals surface area (Å²) in [5, 5.41) is 3.51. The number of rotatable bonds is 4. The van der Waals surface area contributed by atoms with Crippen LogP contribution in [0.5, 0.6) is 0 Å². The van der Waals surface area contributed by atoms with Crippen molar-refractivity contribution >= 4 is 0 Å². The minimum absolute atomic E-state index is 0.166. The average Bonchev–Trinajstić information content (AvgIpc) is 2.59. The molecule has 0 aromatic heterocycles. The van der Waals surface area contributed by atoms with E-state index in [0.717, 1.165) is 6.42 Å². The molecule has 0 bridgehead atoms. The van der Waals surface area contributed by atoms with Crippen LogP contribution in [0.25, 0.3) is 10.4 Å². The Balaban J connectivity index is 2.37. The molecule has 0 aromatic rings. The SMILES string of the molecule is CCC(CN=[N+]=[N-])C1OCCO1. The molecule has 0 spiro atoms. The molecule has 0 aromatic carbocycles. The van der Waals surface area contributed by atoms with E-state index in [1.807, 2.05) is 6.92 Å². The van der Waals surface area contributed by atoms with Crippen LogP contribution in [0.1, 0.15) is 13.3 Å². The Bertz CT molecular complexity index is 173. The molecule has 0 N–H and O–H groups in total. The van der Waals surface area contributed by atoms with Gasteiger partial charge in [-0.05, 0) is 12.0 Å². The highest BCUT2D eigenvalue weighted by molar-refractivity contribution is 4.67. The zero-order chi connectivity index (χ0) is 8.81. The quantitative estimate of drug-likeness (QED) is 0.367. The van der Waals surface area contributed by atoms with Crippen molar-refractivity contribution in [3.63, 3.8) is 0 Å². The fourth-order valence-electron chi connectivity index (χ4n) is 1.20. The molecule has 0 amide bonds. The molecular formula is C7H13N3O2. The Morgan fingerprint density at radius 2 is 2.25 bits per heavy atom. The van der Waals surface area contributed by atoms with Gasteiger partial charge in [-0.15, -0.1) is 0 Å². The second kappa shape index (κ2) is 4.98. The summed E-state index contributed by atoms with van der Waals surface area (Å²) < 4.78 is 10.6. The smallest absolute Gasteiger partial charge is 0.160 e. The Morgan fingerprint density at radius 3 is 2.75 bits per heavy atom. The van der Waals surface area contributed by atoms with E-state index in [2.05, 4.69) is 10.0 Å². The van der Waals surface area contributed by atoms with Crippen LogP contribution in [0.4, 0.5) is 0 Å². The van der Waals surface area contributed by atoms with E-state index in [1.165, 1.54) is 0 Å². The molecule has 12 heavy (non-hydrogen) atoms. The first kappa shape index (κ1) is 9.32. The highest BCUT2D eigenvalue weighted by Gasteiger charge is 2.24. The summed E-state index contributed by atoms with van der Waals surface area (Å²) in [4.78, 5) is 2.71. The molecule has 1 atom stereocenters. The molecule has 0 radical (unpaired) electrons. The predicted octanol–water partition coefficient (Wildman–Crippen LogP) is 1.70. The van der Waals surface area contributed by atoms with Gasteiger partial charge in [0.2, 0.25) is 0 Å². The van der Waals surface area contributed by atoms with Gasteiger partial charge in [-0.25, -0.2) is 0 Å². The minimum Gasteiger partial charge on any atom is -0.350 e. The Labute approximate surface area is 71.3 Å². The van der Waals surface area contributed by atoms with Crippen LogP contribution in [0.2, 0.25) is 0 Å². The van der Waals surface area contributed by atoms with Crippen molar-refractivity contribution in [3.05, 3.63) is 10.4 Å². The normalized spacial score (nSPS) is 20.4. The summed E-state index contributed by atoms with van der Waals surface area (Å²) in [7, 11) is 0. The van der Waals surface area contributed by atoms with Gasteiger partial charge in [0.25, 0.3) is 0 Å². The van der Waals surface area contributed by atoms with E-state index in [9.17, 15) is 0 Å². The van der Waals surface area contributed by atoms with Gasteiger partial charge in [-0.3, -0.25) is 0 Å². The molecule has 68 valence electrons. The number of azide groups is 1. The summed E-state index contributed by atoms with van der Waals surface area (Å²) in [5.41, 5.74) is 8.13. The van der Waals surface area contributed by atoms with E-state index in [0.29, 0.717) is 19.8 Å². The first-order valence-electron chi connectivity index (χ1n) is 4.12. The molecular weight excluding hydrogens is 158 g/mol. The fraction of sp³-hybridized carbons (Fsp3) is 1.00. The number of hydrogen-bond donors (Lipinski definition) is 0. The van der Waals surface area contributed by atoms with Gasteiger partial charge < -0.3 is 9.47 Å². The molecule has 1 aliphatic heterocycles. The Kier molecular flexibility index (Phi) is 3.87. The highest BCUT2D eigenvalue weighted by atomic mass is 16.7. The summed E-state index contributed by atoms with van der Waals surface area (Å²) >= 11 is 0. The van der Waals surface area contributed by atoms with E-state index in [4.69, 9.17) is 15.0 Å². The summed E-state index contributed by atoms with van der Waals surface area (Å²) in [6.45, 7) is 3.79. The monoisotopic (exact) mass is 171 g/mol. The topological polar surface area (TPSA) is 67.2 Å². The molecule has 5 nitrogen and oxygen atoms in total. The van der Waals surface area contributed by atoms with Crippen molar-refractivity contribution in [2.45, 2.75) is 19.6 Å². The van der Waals surface area contributed by atoms with Crippen molar-refractivity contribution in [2.24, 2.45) is 11.0 Å². The minimum atomic E-state index is -0.166. The molecule has 0 aliphatic carbocycles. The molecule has 1 fully saturated rings. The Morgan fingerprint density at radius 1 is 1.58 bits per heavy atom. The van der Waals surface area contributed by atoms with E-state index in [-0.39, 0.29) is 12.2 Å². The summed E-state index contributed by atoms with van der Waals surface area (Å²) in [5.74, 6) is 0.198. The number of nitrogens with zero attached hydrogens (tertiary/aromatic N) is 3. The number of hydrogen-bond acceptors (Lipinski definition) is 3. The lowest BCUT2D eigenvalue weighted by molar-refractivity contribution is -0.0814. The lowest BCUT2D eigenvalue weighted by atomic mass is 10.1. The first-order valence-corrected chi connectivity index (χ1v) is 4.12. The van der Waals surface area contributed by atoms with Crippen LogP contribution < -0.4 is 0 Å². The van der Waals surface area contributed by atoms with E-state index in [1.54, 1.807) is 0 Å². The van der Waals surface area contributed by atoms with Gasteiger partial charge in [0.05, 0.1) is 13.2 Å². The molecule has 1 heterocycles. The van der Waals surface area contributed by atoms with Crippen LogP contribution in [0.3, 0.4) is 0 Å². The maximum atomic E-state index is 8.13. The third kappa shape index (κ3) is 2.37. The maximum absolute atomic E-state index is 8.13. The van der Waals surface area contributed by atoms with Gasteiger partial charge in [0.1, 0.15) is 0 Å². The number of ether oxygens (including phenoxy) is 2. The van der Waals surface area contributed by atoms with E-state index >= 15 is 0 Å². The fourth-order valence-corrected chi connectivity index (χ4v) is 1.20. The zero-order valence-electron chi connectivity index (χ0n) is 7.14. The van der Waals surface area contributed by atoms with Crippen LogP contribution >= 0.6 is 0 Å². The molecule has 5 heteroatoms. The average molecular weight is 171 g/mol. The second-order valence-electron chi connectivity index (χ2n) is 2.69. The Hall–Kier alpha value is -0.770. The summed E-state index contributed by atoms with van der Waals surface area (Å²) in [6, 6.07) is 0. The van der Waals surface area contributed by atoms with E-state index < -0.39 is 0 Å². The lowest BCUT2D eigenvalue weighted by Gasteiger charge is -2.17. The summed E-state index contributed by atoms with van der Waals surface area (Å²) in [6.07, 6.45) is 0.740. The first-order chi connectivity index (χ1) is 5.88. The second-order valence-corrected chi connectivity index (χ2v) is 2.69. The van der Waals surface area contributed by atoms with Crippen LogP contribution in [0, 0.1) is 5.92 Å². The van der Waals surface area contributed by atoms with Crippen LogP contribution in [-0.2, 0) is 9.47 Å². The van der Waals surface area contributed by atoms with Gasteiger partial charge in [0.15, 0.2) is 6.29 Å². The van der Waals surface area contributed by atoms with Crippen LogP contribution in [-0.4, -0.2) is 26.0 Å². The lowest BCUT2D eigenvalue weighted by Crippen LogP contribution is -2.23. The largest absolute Gasteiger partial charge is 0.350 e. The molecule has 1 aliphatic rings. The van der Waals surface area contributed by atoms with Crippen molar-refractivity contribution in [1.29, 1.82) is 0 Å². The molecule has 0 saturated carbocycles. The molecule has 1 unspecified atom stereocenters. The van der Waals surface area contributed by atoms with Crippen molar-refractivity contribution in [2.75, 3.05) is 19.8 Å². The highest BCUT2D eigenvalue weighted by Crippen LogP contribution is 2.18. The van der Waals surface area contributed by atoms with Gasteiger partial charge in [-0.2, -0.15) is 0 Å². The third-order valence-corrected chi connectivity index (χ3v) is 1.94. The maximum Gasteiger partial charge on any atom is 0.160 e. The van der Waals surface area contributed by atoms with Gasteiger partial charge in [0, 0.05) is 17.4 Å². The predicted molar refractivity (Wildman–Crippen MR) is 43.5 cm³/mol. The van der Waals surface area contributed by atoms with Gasteiger partial charge in [-0.1, -0.05) is 12.0 Å². The van der Waals surface area contributed by atoms with Gasteiger partial charge >= 0.3 is 0 Å². The van der Waals surface area contributed by atoms with Crippen molar-refractivity contribution in [3.8, 4) is 0 Å².